The van der Waals surface area contributed by atoms with Crippen molar-refractivity contribution in [2.75, 3.05) is 18.4 Å². The Bertz CT molecular complexity index is 750. The summed E-state index contributed by atoms with van der Waals surface area (Å²) < 4.78 is 1.03. The molecule has 3 N–H and O–H groups in total. The number of allylic oxidation sites excluding steroid dienone is 2. The van der Waals surface area contributed by atoms with Crippen LogP contribution < -0.4 is 11.0 Å². The Labute approximate surface area is 140 Å². The van der Waals surface area contributed by atoms with Crippen molar-refractivity contribution < 1.29 is 4.79 Å². The fourth-order valence-electron chi connectivity index (χ4n) is 3.26. The fraction of sp³-hybridized carbons (Fsp3) is 0.471. The molecule has 7 heteroatoms. The van der Waals surface area contributed by atoms with Gasteiger partial charge in [0.05, 0.1) is 0 Å². The highest BCUT2D eigenvalue weighted by molar-refractivity contribution is 5.90. The average Bonchev–Trinajstić information content (AvgIpc) is 3.23. The summed E-state index contributed by atoms with van der Waals surface area (Å²) in [6.45, 7) is 5.33. The van der Waals surface area contributed by atoms with E-state index in [-0.39, 0.29) is 11.7 Å². The summed E-state index contributed by atoms with van der Waals surface area (Å²) in [5.74, 6) is 0.346. The van der Waals surface area contributed by atoms with Crippen molar-refractivity contribution in [2.45, 2.75) is 38.5 Å². The fourth-order valence-corrected chi connectivity index (χ4v) is 3.26. The molecule has 1 saturated heterocycles. The molecule has 0 radical (unpaired) electrons. The van der Waals surface area contributed by atoms with Crippen LogP contribution in [-0.4, -0.2) is 39.8 Å². The third-order valence-electron chi connectivity index (χ3n) is 4.59. The Kier molecular flexibility index (Phi) is 4.69. The summed E-state index contributed by atoms with van der Waals surface area (Å²) in [5, 5.41) is 10.7. The zero-order valence-electron chi connectivity index (χ0n) is 13.7. The normalized spacial score (nSPS) is 17.5. The molecule has 1 aromatic heterocycles. The van der Waals surface area contributed by atoms with Crippen LogP contribution in [0.1, 0.15) is 44.2 Å². The van der Waals surface area contributed by atoms with Gasteiger partial charge in [-0.1, -0.05) is 12.7 Å². The summed E-state index contributed by atoms with van der Waals surface area (Å²) in [6.07, 6.45) is 9.34. The van der Waals surface area contributed by atoms with E-state index in [9.17, 15) is 9.59 Å². The van der Waals surface area contributed by atoms with Gasteiger partial charge in [-0.2, -0.15) is 0 Å². The van der Waals surface area contributed by atoms with Crippen molar-refractivity contribution in [2.24, 2.45) is 0 Å². The zero-order valence-corrected chi connectivity index (χ0v) is 13.7. The molecule has 1 aliphatic heterocycles. The van der Waals surface area contributed by atoms with Crippen LogP contribution in [0.4, 0.5) is 10.6 Å². The van der Waals surface area contributed by atoms with Crippen LogP contribution in [0, 0.1) is 5.41 Å². The molecule has 1 amide bonds. The smallest absolute Gasteiger partial charge is 0.336 e. The molecule has 0 aromatic carbocycles. The van der Waals surface area contributed by atoms with Crippen LogP contribution in [0.3, 0.4) is 0 Å². The van der Waals surface area contributed by atoms with E-state index in [1.54, 1.807) is 4.90 Å². The maximum atomic E-state index is 12.6. The van der Waals surface area contributed by atoms with E-state index >= 15 is 0 Å². The molecule has 1 aromatic rings. The topological polar surface area (TPSA) is 94.0 Å². The minimum Gasteiger partial charge on any atom is -0.340 e. The van der Waals surface area contributed by atoms with E-state index in [2.05, 4.69) is 23.0 Å². The minimum absolute atomic E-state index is 0.231. The van der Waals surface area contributed by atoms with Crippen molar-refractivity contribution in [1.29, 1.82) is 5.41 Å². The van der Waals surface area contributed by atoms with Crippen molar-refractivity contribution in [3.05, 3.63) is 40.1 Å². The molecule has 2 aliphatic rings. The number of hydrogen-bond acceptors (Lipinski definition) is 4. The number of carbonyl (C=O) groups is 1. The zero-order chi connectivity index (χ0) is 17.1. The second kappa shape index (κ2) is 6.90. The van der Waals surface area contributed by atoms with Gasteiger partial charge in [0.2, 0.25) is 0 Å². The molecule has 24 heavy (non-hydrogen) atoms. The van der Waals surface area contributed by atoms with Gasteiger partial charge < -0.3 is 15.6 Å². The summed E-state index contributed by atoms with van der Waals surface area (Å²) in [6, 6.07) is -0.372. The second-order valence-corrected chi connectivity index (χ2v) is 6.23. The first kappa shape index (κ1) is 16.3. The summed E-state index contributed by atoms with van der Waals surface area (Å²) in [7, 11) is 0. The number of amides is 1. The van der Waals surface area contributed by atoms with Crippen LogP contribution in [0.25, 0.3) is 0 Å². The van der Waals surface area contributed by atoms with Gasteiger partial charge >= 0.3 is 11.7 Å². The summed E-state index contributed by atoms with van der Waals surface area (Å²) in [4.78, 5) is 29.1. The molecule has 0 unspecified atom stereocenters. The van der Waals surface area contributed by atoms with Gasteiger partial charge in [-0.15, -0.1) is 0 Å². The molecule has 2 heterocycles. The molecule has 3 rings (SSSR count). The quantitative estimate of drug-likeness (QED) is 0.741. The lowest BCUT2D eigenvalue weighted by Crippen LogP contribution is -2.38. The van der Waals surface area contributed by atoms with E-state index in [4.69, 9.17) is 5.41 Å². The first-order valence-corrected chi connectivity index (χ1v) is 8.42. The number of carbonyl (C=O) groups excluding carboxylic acids is 1. The lowest BCUT2D eigenvalue weighted by molar-refractivity contribution is 0.209. The molecule has 0 spiro atoms. The van der Waals surface area contributed by atoms with E-state index in [1.165, 1.54) is 6.42 Å². The van der Waals surface area contributed by atoms with Gasteiger partial charge in [0.25, 0.3) is 0 Å². The van der Waals surface area contributed by atoms with Crippen LogP contribution in [0.15, 0.2) is 28.7 Å². The molecular formula is C17H23N5O2. The molecule has 0 atom stereocenters. The monoisotopic (exact) mass is 329 g/mol. The Hall–Kier alpha value is -2.57. The van der Waals surface area contributed by atoms with Gasteiger partial charge in [0.1, 0.15) is 11.5 Å². The highest BCUT2D eigenvalue weighted by atomic mass is 16.2. The van der Waals surface area contributed by atoms with E-state index in [0.29, 0.717) is 24.6 Å². The van der Waals surface area contributed by atoms with E-state index in [1.807, 2.05) is 0 Å². The highest BCUT2D eigenvalue weighted by Gasteiger charge is 2.25. The molecule has 0 bridgehead atoms. The Morgan fingerprint density at radius 2 is 2.04 bits per heavy atom. The largest absolute Gasteiger partial charge is 0.340 e. The average molecular weight is 329 g/mol. The van der Waals surface area contributed by atoms with Gasteiger partial charge in [-0.25, -0.2) is 14.2 Å². The first-order valence-electron chi connectivity index (χ1n) is 8.42. The number of hydrogen-bond donors (Lipinski definition) is 3. The van der Waals surface area contributed by atoms with Crippen molar-refractivity contribution >= 4 is 18.1 Å². The summed E-state index contributed by atoms with van der Waals surface area (Å²) >= 11 is 0. The number of nitrogens with zero attached hydrogens (tertiary/aromatic N) is 2. The van der Waals surface area contributed by atoms with Crippen molar-refractivity contribution in [1.82, 2.24) is 14.5 Å². The highest BCUT2D eigenvalue weighted by Crippen LogP contribution is 2.24. The third-order valence-corrected chi connectivity index (χ3v) is 4.59. The number of nitrogens with one attached hydrogen (secondary N) is 3. The maximum absolute atomic E-state index is 12.6. The Balaban J connectivity index is 1.86. The number of anilines is 1. The number of rotatable bonds is 4. The van der Waals surface area contributed by atoms with Crippen molar-refractivity contribution in [3.8, 4) is 0 Å². The summed E-state index contributed by atoms with van der Waals surface area (Å²) in [5.41, 5.74) is 1.53. The number of imidazole rings is 1. The number of likely N-dealkylation sites (tertiary alicyclic amines) is 1. The maximum Gasteiger partial charge on any atom is 0.336 e. The molecule has 1 fully saturated rings. The van der Waals surface area contributed by atoms with Crippen LogP contribution in [0.2, 0.25) is 0 Å². The number of H-pyrrole nitrogens is 1. The predicted molar refractivity (Wildman–Crippen MR) is 93.9 cm³/mol. The minimum atomic E-state index is -0.529. The Morgan fingerprint density at radius 3 is 2.67 bits per heavy atom. The lowest BCUT2D eigenvalue weighted by atomic mass is 9.98. The molecule has 7 nitrogen and oxygen atoms in total. The van der Waals surface area contributed by atoms with Gasteiger partial charge in [-0.05, 0) is 44.1 Å². The van der Waals surface area contributed by atoms with Gasteiger partial charge in [0, 0.05) is 25.0 Å². The molecule has 1 aliphatic carbocycles. The lowest BCUT2D eigenvalue weighted by Gasteiger charge is -2.17. The molecule has 0 saturated carbocycles. The van der Waals surface area contributed by atoms with Crippen LogP contribution in [0.5, 0.6) is 0 Å². The van der Waals surface area contributed by atoms with Gasteiger partial charge in [-0.3, -0.25) is 4.98 Å². The van der Waals surface area contributed by atoms with Gasteiger partial charge in [0.15, 0.2) is 0 Å². The van der Waals surface area contributed by atoms with E-state index < -0.39 is 5.69 Å². The van der Waals surface area contributed by atoms with Crippen molar-refractivity contribution in [3.63, 3.8) is 0 Å². The Morgan fingerprint density at radius 1 is 1.29 bits per heavy atom. The second-order valence-electron chi connectivity index (χ2n) is 6.23. The van der Waals surface area contributed by atoms with Crippen LogP contribution >= 0.6 is 0 Å². The first-order chi connectivity index (χ1) is 11.6. The number of aromatic nitrogens is 2. The SMILES string of the molecule is C=C(Nc1[nH]c(=O)n(C(=O)N2CCCC2)c1C=N)C1=CCCCC1. The van der Waals surface area contributed by atoms with Crippen LogP contribution in [-0.2, 0) is 0 Å². The standard InChI is InChI=1S/C17H23N5O2/c1-12(13-7-3-2-4-8-13)19-15-14(11-18)22(16(23)20-15)17(24)21-9-5-6-10-21/h7,11,18-19H,1-6,8-10H2,(H,20,23). The third kappa shape index (κ3) is 3.06. The number of aromatic amines is 1. The molecular weight excluding hydrogens is 306 g/mol. The molecule has 128 valence electrons. The predicted octanol–water partition coefficient (Wildman–Crippen LogP) is 2.66. The van der Waals surface area contributed by atoms with E-state index in [0.717, 1.165) is 48.5 Å².